The van der Waals surface area contributed by atoms with Gasteiger partial charge in [0.1, 0.15) is 0 Å². The fourth-order valence-corrected chi connectivity index (χ4v) is 3.55. The van der Waals surface area contributed by atoms with Gasteiger partial charge in [0.2, 0.25) is 0 Å². The summed E-state index contributed by atoms with van der Waals surface area (Å²) in [6, 6.07) is 5.38. The first kappa shape index (κ1) is 18.4. The van der Waals surface area contributed by atoms with E-state index >= 15 is 0 Å². The van der Waals surface area contributed by atoms with Crippen LogP contribution in [0.25, 0.3) is 0 Å². The molecule has 0 spiro atoms. The minimum Gasteiger partial charge on any atom is -0.314 e. The van der Waals surface area contributed by atoms with E-state index in [2.05, 4.69) is 15.1 Å². The van der Waals surface area contributed by atoms with Crippen LogP contribution in [0.1, 0.15) is 12.0 Å². The van der Waals surface area contributed by atoms with Crippen LogP contribution in [0.3, 0.4) is 0 Å². The first-order chi connectivity index (χ1) is 10.6. The van der Waals surface area contributed by atoms with Crippen molar-refractivity contribution in [2.45, 2.75) is 19.0 Å². The van der Waals surface area contributed by atoms with E-state index in [1.165, 1.54) is 18.6 Å². The van der Waals surface area contributed by atoms with Gasteiger partial charge in [-0.25, -0.2) is 0 Å². The van der Waals surface area contributed by atoms with Gasteiger partial charge in [0.25, 0.3) is 5.69 Å². The van der Waals surface area contributed by atoms with Gasteiger partial charge in [-0.15, -0.1) is 12.4 Å². The molecule has 0 saturated carbocycles. The normalized spacial score (nSPS) is 22.7. The van der Waals surface area contributed by atoms with E-state index in [0.717, 1.165) is 51.4 Å². The lowest BCUT2D eigenvalue weighted by Gasteiger charge is -2.32. The summed E-state index contributed by atoms with van der Waals surface area (Å²) >= 11 is 6.19. The average molecular weight is 361 g/mol. The highest BCUT2D eigenvalue weighted by molar-refractivity contribution is 6.31. The fourth-order valence-electron chi connectivity index (χ4n) is 3.32. The van der Waals surface area contributed by atoms with Crippen LogP contribution in [0, 0.1) is 10.1 Å². The molecule has 8 heteroatoms. The molecule has 1 aromatic rings. The number of nitro groups is 1. The van der Waals surface area contributed by atoms with Crippen LogP contribution in [0.5, 0.6) is 0 Å². The molecule has 3 rings (SSSR count). The van der Waals surface area contributed by atoms with Crippen LogP contribution >= 0.6 is 24.0 Å². The number of nitro benzene ring substituents is 1. The largest absolute Gasteiger partial charge is 0.314 e. The number of nitrogens with zero attached hydrogens (tertiary/aromatic N) is 3. The molecule has 1 atom stereocenters. The van der Waals surface area contributed by atoms with Gasteiger partial charge in [-0.1, -0.05) is 11.6 Å². The molecule has 6 nitrogen and oxygen atoms in total. The molecule has 2 saturated heterocycles. The van der Waals surface area contributed by atoms with E-state index in [4.69, 9.17) is 11.6 Å². The Bertz CT molecular complexity index is 552. The van der Waals surface area contributed by atoms with Gasteiger partial charge in [-0.05, 0) is 18.1 Å². The Morgan fingerprint density at radius 1 is 1.30 bits per heavy atom. The summed E-state index contributed by atoms with van der Waals surface area (Å²) in [6.45, 7) is 7.26. The predicted molar refractivity (Wildman–Crippen MR) is 93.5 cm³/mol. The fraction of sp³-hybridized carbons (Fsp3) is 0.600. The van der Waals surface area contributed by atoms with Crippen molar-refractivity contribution in [2.24, 2.45) is 0 Å². The van der Waals surface area contributed by atoms with Crippen LogP contribution in [0.4, 0.5) is 5.69 Å². The molecule has 0 aromatic heterocycles. The van der Waals surface area contributed by atoms with E-state index < -0.39 is 4.92 Å². The first-order valence-electron chi connectivity index (χ1n) is 7.73. The molecule has 2 fully saturated rings. The molecule has 1 aromatic carbocycles. The quantitative estimate of drug-likeness (QED) is 0.658. The minimum atomic E-state index is -0.411. The van der Waals surface area contributed by atoms with E-state index in [9.17, 15) is 10.1 Å². The summed E-state index contributed by atoms with van der Waals surface area (Å²) in [4.78, 5) is 15.3. The first-order valence-corrected chi connectivity index (χ1v) is 8.11. The Kier molecular flexibility index (Phi) is 6.61. The van der Waals surface area contributed by atoms with E-state index in [-0.39, 0.29) is 18.1 Å². The summed E-state index contributed by atoms with van der Waals surface area (Å²) in [6.07, 6.45) is 1.19. The monoisotopic (exact) mass is 360 g/mol. The van der Waals surface area contributed by atoms with Gasteiger partial charge in [0.15, 0.2) is 0 Å². The summed E-state index contributed by atoms with van der Waals surface area (Å²) in [5.41, 5.74) is 1.02. The van der Waals surface area contributed by atoms with Crippen LogP contribution in [-0.2, 0) is 6.54 Å². The molecule has 1 unspecified atom stereocenters. The van der Waals surface area contributed by atoms with Crippen molar-refractivity contribution in [3.05, 3.63) is 38.9 Å². The van der Waals surface area contributed by atoms with Gasteiger partial charge in [-0.3, -0.25) is 19.9 Å². The summed E-state index contributed by atoms with van der Waals surface area (Å²) < 4.78 is 0. The molecular weight excluding hydrogens is 339 g/mol. The Morgan fingerprint density at radius 3 is 2.70 bits per heavy atom. The topological polar surface area (TPSA) is 61.7 Å². The number of nitrogens with one attached hydrogen (secondary N) is 1. The maximum atomic E-state index is 10.8. The van der Waals surface area contributed by atoms with Crippen LogP contribution in [0.15, 0.2) is 18.2 Å². The highest BCUT2D eigenvalue weighted by Crippen LogP contribution is 2.25. The zero-order valence-corrected chi connectivity index (χ0v) is 14.5. The van der Waals surface area contributed by atoms with Crippen molar-refractivity contribution in [3.63, 3.8) is 0 Å². The summed E-state index contributed by atoms with van der Waals surface area (Å²) in [5, 5.41) is 14.6. The Morgan fingerprint density at radius 2 is 2.04 bits per heavy atom. The van der Waals surface area contributed by atoms with Gasteiger partial charge in [-0.2, -0.15) is 0 Å². The molecule has 0 aliphatic carbocycles. The van der Waals surface area contributed by atoms with Crippen molar-refractivity contribution in [1.82, 2.24) is 15.1 Å². The molecule has 2 heterocycles. The summed E-state index contributed by atoms with van der Waals surface area (Å²) in [5.74, 6) is 0. The number of halogens is 2. The molecular formula is C15H22Cl2N4O2. The second-order valence-corrected chi connectivity index (χ2v) is 6.40. The molecule has 1 N–H and O–H groups in total. The zero-order chi connectivity index (χ0) is 15.5. The lowest BCUT2D eigenvalue weighted by atomic mass is 10.2. The van der Waals surface area contributed by atoms with Crippen LogP contribution in [0.2, 0.25) is 5.02 Å². The average Bonchev–Trinajstić information content (AvgIpc) is 2.98. The van der Waals surface area contributed by atoms with Gasteiger partial charge in [0.05, 0.1) is 9.95 Å². The van der Waals surface area contributed by atoms with Gasteiger partial charge in [0, 0.05) is 64.0 Å². The lowest BCUT2D eigenvalue weighted by molar-refractivity contribution is -0.384. The Balaban J connectivity index is 0.00000192. The maximum absolute atomic E-state index is 10.8. The number of non-ortho nitro benzene ring substituents is 1. The standard InChI is InChI=1S/C15H21ClN4O2.ClH/c16-15-9-13(20(21)22)2-1-12(15)10-18-6-3-14(11-18)19-7-4-17-5-8-19;/h1-2,9,14,17H,3-8,10-11H2;1H. The number of hydrogen-bond acceptors (Lipinski definition) is 5. The van der Waals surface area contributed by atoms with Gasteiger partial charge < -0.3 is 5.32 Å². The number of benzene rings is 1. The van der Waals surface area contributed by atoms with Crippen molar-refractivity contribution >= 4 is 29.7 Å². The maximum Gasteiger partial charge on any atom is 0.270 e. The van der Waals surface area contributed by atoms with Crippen molar-refractivity contribution in [2.75, 3.05) is 39.3 Å². The van der Waals surface area contributed by atoms with E-state index in [1.54, 1.807) is 6.07 Å². The second-order valence-electron chi connectivity index (χ2n) is 6.00. The summed E-state index contributed by atoms with van der Waals surface area (Å²) in [7, 11) is 0. The number of rotatable bonds is 4. The second kappa shape index (κ2) is 8.26. The Hall–Kier alpha value is -0.920. The highest BCUT2D eigenvalue weighted by Gasteiger charge is 2.28. The smallest absolute Gasteiger partial charge is 0.270 e. The third kappa shape index (κ3) is 4.55. The molecule has 23 heavy (non-hydrogen) atoms. The molecule has 0 radical (unpaired) electrons. The van der Waals surface area contributed by atoms with Crippen LogP contribution in [-0.4, -0.2) is 60.0 Å². The van der Waals surface area contributed by atoms with Crippen molar-refractivity contribution < 1.29 is 4.92 Å². The number of piperazine rings is 1. The lowest BCUT2D eigenvalue weighted by Crippen LogP contribution is -2.49. The third-order valence-corrected chi connectivity index (χ3v) is 4.91. The van der Waals surface area contributed by atoms with Gasteiger partial charge >= 0.3 is 0 Å². The number of likely N-dealkylation sites (tertiary alicyclic amines) is 1. The third-order valence-electron chi connectivity index (χ3n) is 4.56. The highest BCUT2D eigenvalue weighted by atomic mass is 35.5. The van der Waals surface area contributed by atoms with Crippen molar-refractivity contribution in [3.8, 4) is 0 Å². The zero-order valence-electron chi connectivity index (χ0n) is 12.9. The molecule has 2 aliphatic heterocycles. The molecule has 0 bridgehead atoms. The molecule has 128 valence electrons. The minimum absolute atomic E-state index is 0. The number of hydrogen-bond donors (Lipinski definition) is 1. The molecule has 0 amide bonds. The Labute approximate surface area is 147 Å². The van der Waals surface area contributed by atoms with Crippen LogP contribution < -0.4 is 5.32 Å². The molecule has 2 aliphatic rings. The van der Waals surface area contributed by atoms with Crippen molar-refractivity contribution in [1.29, 1.82) is 0 Å². The SMILES string of the molecule is Cl.O=[N+]([O-])c1ccc(CN2CCC(N3CCNCC3)C2)c(Cl)c1. The predicted octanol–water partition coefficient (Wildman–Crippen LogP) is 2.15. The van der Waals surface area contributed by atoms with E-state index in [1.807, 2.05) is 0 Å². The van der Waals surface area contributed by atoms with E-state index in [0.29, 0.717) is 11.1 Å².